The first-order valence-corrected chi connectivity index (χ1v) is 12.6. The minimum Gasteiger partial charge on any atom is -0.495 e. The van der Waals surface area contributed by atoms with Crippen LogP contribution in [0, 0.1) is 0 Å². The molecule has 0 saturated carbocycles. The van der Waals surface area contributed by atoms with Crippen LogP contribution in [0.25, 0.3) is 10.9 Å². The van der Waals surface area contributed by atoms with E-state index in [-0.39, 0.29) is 18.1 Å². The quantitative estimate of drug-likeness (QED) is 0.444. The maximum atomic E-state index is 11.6. The lowest BCUT2D eigenvalue weighted by Gasteiger charge is -2.43. The van der Waals surface area contributed by atoms with E-state index in [1.165, 1.54) is 0 Å². The van der Waals surface area contributed by atoms with Crippen molar-refractivity contribution in [3.8, 4) is 11.5 Å². The van der Waals surface area contributed by atoms with Crippen molar-refractivity contribution in [2.75, 3.05) is 38.7 Å². The Morgan fingerprint density at radius 2 is 2.08 bits per heavy atom. The topological polar surface area (TPSA) is 96.0 Å². The number of hydrogen-bond donors (Lipinski definition) is 3. The van der Waals surface area contributed by atoms with E-state index in [0.717, 1.165) is 72.4 Å². The molecule has 2 aliphatic rings. The van der Waals surface area contributed by atoms with Crippen LogP contribution in [-0.4, -0.2) is 59.8 Å². The predicted octanol–water partition coefficient (Wildman–Crippen LogP) is 3.64. The van der Waals surface area contributed by atoms with Gasteiger partial charge in [0.15, 0.2) is 6.61 Å². The van der Waals surface area contributed by atoms with Crippen molar-refractivity contribution >= 4 is 22.5 Å². The molecule has 2 aromatic carbocycles. The molecule has 2 aliphatic heterocycles. The Morgan fingerprint density at radius 1 is 1.25 bits per heavy atom. The van der Waals surface area contributed by atoms with E-state index in [9.17, 15) is 9.90 Å². The third-order valence-corrected chi connectivity index (χ3v) is 7.59. The van der Waals surface area contributed by atoms with Gasteiger partial charge in [-0.15, -0.1) is 0 Å². The van der Waals surface area contributed by atoms with Gasteiger partial charge in [0.25, 0.3) is 5.91 Å². The third kappa shape index (κ3) is 5.16. The molecule has 1 aromatic heterocycles. The zero-order valence-electron chi connectivity index (χ0n) is 20.9. The Hall–Kier alpha value is -3.20. The number of nitrogens with zero attached hydrogens (tertiary/aromatic N) is 2. The minimum atomic E-state index is -0.599. The minimum absolute atomic E-state index is 0.0494. The van der Waals surface area contributed by atoms with Gasteiger partial charge in [-0.25, -0.2) is 0 Å². The van der Waals surface area contributed by atoms with E-state index in [1.54, 1.807) is 13.3 Å². The highest BCUT2D eigenvalue weighted by atomic mass is 16.5. The lowest BCUT2D eigenvalue weighted by molar-refractivity contribution is -0.118. The number of fused-ring (bicyclic) bond motifs is 2. The number of likely N-dealkylation sites (tertiary alicyclic amines) is 1. The van der Waals surface area contributed by atoms with Gasteiger partial charge in [-0.05, 0) is 54.7 Å². The lowest BCUT2D eigenvalue weighted by atomic mass is 9.84. The number of hydrogen-bond acceptors (Lipinski definition) is 7. The zero-order chi connectivity index (χ0) is 25.1. The summed E-state index contributed by atoms with van der Waals surface area (Å²) >= 11 is 0. The maximum Gasteiger partial charge on any atom is 0.262 e. The van der Waals surface area contributed by atoms with Crippen molar-refractivity contribution < 1.29 is 19.4 Å². The number of ether oxygens (including phenoxy) is 2. The van der Waals surface area contributed by atoms with E-state index >= 15 is 0 Å². The summed E-state index contributed by atoms with van der Waals surface area (Å²) in [7, 11) is 1.63. The Morgan fingerprint density at radius 3 is 2.86 bits per heavy atom. The Kier molecular flexibility index (Phi) is 7.09. The SMILES string of the molecule is CCC1(NCc2ccc3c(c2)NC(=O)CO3)CCN(CC(O)c2cccc3ncc(OC)cc23)CC1. The van der Waals surface area contributed by atoms with Crippen molar-refractivity contribution in [2.45, 2.75) is 44.4 Å². The summed E-state index contributed by atoms with van der Waals surface area (Å²) < 4.78 is 10.8. The van der Waals surface area contributed by atoms with Gasteiger partial charge >= 0.3 is 0 Å². The highest BCUT2D eigenvalue weighted by Gasteiger charge is 2.33. The number of benzene rings is 2. The van der Waals surface area contributed by atoms with Crippen molar-refractivity contribution in [1.29, 1.82) is 0 Å². The summed E-state index contributed by atoms with van der Waals surface area (Å²) in [6.45, 7) is 5.44. The molecule has 3 N–H and O–H groups in total. The molecule has 1 fully saturated rings. The van der Waals surface area contributed by atoms with Gasteiger partial charge in [-0.1, -0.05) is 25.1 Å². The monoisotopic (exact) mass is 490 g/mol. The Balaban J connectivity index is 1.20. The van der Waals surface area contributed by atoms with Crippen LogP contribution in [0.2, 0.25) is 0 Å². The molecule has 1 amide bonds. The second-order valence-corrected chi connectivity index (χ2v) is 9.76. The van der Waals surface area contributed by atoms with E-state index < -0.39 is 6.10 Å². The number of rotatable bonds is 8. The van der Waals surface area contributed by atoms with Crippen LogP contribution in [-0.2, 0) is 11.3 Å². The van der Waals surface area contributed by atoms with Gasteiger partial charge in [0, 0.05) is 37.1 Å². The maximum absolute atomic E-state index is 11.6. The summed E-state index contributed by atoms with van der Waals surface area (Å²) in [6, 6.07) is 13.8. The summed E-state index contributed by atoms with van der Waals surface area (Å²) in [6.07, 6.45) is 4.15. The molecule has 1 saturated heterocycles. The molecule has 190 valence electrons. The number of aliphatic hydroxyl groups is 1. The molecule has 3 heterocycles. The van der Waals surface area contributed by atoms with Gasteiger partial charge < -0.3 is 30.1 Å². The van der Waals surface area contributed by atoms with Crippen molar-refractivity contribution in [2.24, 2.45) is 0 Å². The van der Waals surface area contributed by atoms with Crippen LogP contribution in [0.3, 0.4) is 0 Å². The second-order valence-electron chi connectivity index (χ2n) is 9.76. The number of methoxy groups -OCH3 is 1. The molecule has 5 rings (SSSR count). The average molecular weight is 491 g/mol. The molecular formula is C28H34N4O4. The highest BCUT2D eigenvalue weighted by molar-refractivity contribution is 5.95. The largest absolute Gasteiger partial charge is 0.495 e. The average Bonchev–Trinajstić information content (AvgIpc) is 2.91. The fourth-order valence-corrected chi connectivity index (χ4v) is 5.25. The Labute approximate surface area is 211 Å². The molecule has 8 heteroatoms. The van der Waals surface area contributed by atoms with Gasteiger partial charge in [0.2, 0.25) is 0 Å². The van der Waals surface area contributed by atoms with Gasteiger partial charge in [0.1, 0.15) is 11.5 Å². The zero-order valence-corrected chi connectivity index (χ0v) is 20.9. The summed E-state index contributed by atoms with van der Waals surface area (Å²) in [5, 5.41) is 18.7. The highest BCUT2D eigenvalue weighted by Crippen LogP contribution is 2.32. The van der Waals surface area contributed by atoms with E-state index in [0.29, 0.717) is 12.3 Å². The van der Waals surface area contributed by atoms with Crippen molar-refractivity contribution in [1.82, 2.24) is 15.2 Å². The summed E-state index contributed by atoms with van der Waals surface area (Å²) in [5.74, 6) is 1.29. The van der Waals surface area contributed by atoms with Gasteiger partial charge in [0.05, 0.1) is 30.6 Å². The number of aliphatic hydroxyl groups excluding tert-OH is 1. The van der Waals surface area contributed by atoms with E-state index in [4.69, 9.17) is 9.47 Å². The number of carbonyl (C=O) groups is 1. The first-order chi connectivity index (χ1) is 17.5. The van der Waals surface area contributed by atoms with E-state index in [1.807, 2.05) is 42.5 Å². The fraction of sp³-hybridized carbons (Fsp3) is 0.429. The summed E-state index contributed by atoms with van der Waals surface area (Å²) in [4.78, 5) is 18.5. The molecule has 1 unspecified atom stereocenters. The predicted molar refractivity (Wildman–Crippen MR) is 139 cm³/mol. The number of aromatic nitrogens is 1. The number of β-amino-alcohol motifs (C(OH)–C–C–N with tert-alkyl or cyclic N) is 1. The fourth-order valence-electron chi connectivity index (χ4n) is 5.25. The number of nitrogens with one attached hydrogen (secondary N) is 2. The standard InChI is InChI=1S/C28H34N4O4/c1-3-28(30-15-19-7-8-26-24(13-19)31-27(34)18-36-26)9-11-32(12-10-28)17-25(33)21-5-4-6-23-22(21)14-20(35-2)16-29-23/h4-8,13-14,16,25,30,33H,3,9-12,15,17-18H2,1-2H3,(H,31,34). The molecule has 3 aromatic rings. The molecule has 0 spiro atoms. The number of amides is 1. The number of carbonyl (C=O) groups excluding carboxylic acids is 1. The van der Waals surface area contributed by atoms with Crippen molar-refractivity contribution in [3.05, 3.63) is 59.8 Å². The molecule has 1 atom stereocenters. The molecule has 8 nitrogen and oxygen atoms in total. The molecule has 36 heavy (non-hydrogen) atoms. The van der Waals surface area contributed by atoms with Crippen LogP contribution in [0.1, 0.15) is 43.4 Å². The normalized spacial score (nSPS) is 18.2. The summed E-state index contributed by atoms with van der Waals surface area (Å²) in [5.41, 5.74) is 3.64. The lowest BCUT2D eigenvalue weighted by Crippen LogP contribution is -2.53. The Bertz CT molecular complexity index is 1240. The van der Waals surface area contributed by atoms with Crippen LogP contribution in [0.4, 0.5) is 5.69 Å². The van der Waals surface area contributed by atoms with Gasteiger partial charge in [-0.2, -0.15) is 0 Å². The smallest absolute Gasteiger partial charge is 0.262 e. The molecule has 0 aliphatic carbocycles. The molecular weight excluding hydrogens is 456 g/mol. The first-order valence-electron chi connectivity index (χ1n) is 12.6. The first kappa shape index (κ1) is 24.5. The van der Waals surface area contributed by atoms with Crippen LogP contribution in [0.15, 0.2) is 48.7 Å². The molecule has 0 bridgehead atoms. The van der Waals surface area contributed by atoms with Gasteiger partial charge in [-0.3, -0.25) is 9.78 Å². The number of pyridine rings is 1. The van der Waals surface area contributed by atoms with Crippen LogP contribution in [0.5, 0.6) is 11.5 Å². The third-order valence-electron chi connectivity index (χ3n) is 7.59. The second kappa shape index (κ2) is 10.4. The van der Waals surface area contributed by atoms with Crippen LogP contribution < -0.4 is 20.1 Å². The number of anilines is 1. The van der Waals surface area contributed by atoms with Crippen molar-refractivity contribution in [3.63, 3.8) is 0 Å². The molecule has 0 radical (unpaired) electrons. The van der Waals surface area contributed by atoms with E-state index in [2.05, 4.69) is 27.4 Å². The van der Waals surface area contributed by atoms with Crippen LogP contribution >= 0.6 is 0 Å². The number of piperidine rings is 1.